The van der Waals surface area contributed by atoms with Gasteiger partial charge in [0.25, 0.3) is 0 Å². The van der Waals surface area contributed by atoms with Crippen molar-refractivity contribution in [3.05, 3.63) is 0 Å². The molecule has 1 amide bonds. The van der Waals surface area contributed by atoms with Gasteiger partial charge in [0, 0.05) is 18.7 Å². The molecule has 5 nitrogen and oxygen atoms in total. The molecule has 0 unspecified atom stereocenters. The molecular weight excluding hydrogens is 196 g/mol. The number of carbonyl (C=O) groups is 1. The van der Waals surface area contributed by atoms with Crippen molar-refractivity contribution in [1.29, 1.82) is 0 Å². The van der Waals surface area contributed by atoms with Crippen molar-refractivity contribution >= 4 is 6.09 Å². The molecule has 0 aromatic carbocycles. The van der Waals surface area contributed by atoms with E-state index in [0.29, 0.717) is 6.61 Å². The Labute approximate surface area is 91.2 Å². The number of amides is 1. The summed E-state index contributed by atoms with van der Waals surface area (Å²) < 4.78 is 5.01. The summed E-state index contributed by atoms with van der Waals surface area (Å²) in [6.07, 6.45) is -0.971. The Kier molecular flexibility index (Phi) is 5.03. The van der Waals surface area contributed by atoms with Crippen molar-refractivity contribution in [3.8, 4) is 0 Å². The van der Waals surface area contributed by atoms with Gasteiger partial charge in [-0.3, -0.25) is 4.90 Å². The third-order valence-electron chi connectivity index (χ3n) is 2.20. The molecule has 0 saturated heterocycles. The molecule has 0 bridgehead atoms. The van der Waals surface area contributed by atoms with E-state index in [9.17, 15) is 4.79 Å². The highest BCUT2D eigenvalue weighted by Crippen LogP contribution is 2.19. The molecule has 15 heavy (non-hydrogen) atoms. The van der Waals surface area contributed by atoms with Gasteiger partial charge in [0.2, 0.25) is 0 Å². The molecule has 3 N–H and O–H groups in total. The van der Waals surface area contributed by atoms with E-state index in [1.54, 1.807) is 6.92 Å². The summed E-state index contributed by atoms with van der Waals surface area (Å²) in [5.41, 5.74) is 5.29. The fourth-order valence-corrected chi connectivity index (χ4v) is 1.56. The van der Waals surface area contributed by atoms with E-state index in [2.05, 4.69) is 0 Å². The van der Waals surface area contributed by atoms with Crippen molar-refractivity contribution in [2.75, 3.05) is 13.7 Å². The Bertz CT molecular complexity index is 211. The molecule has 0 aliphatic carbocycles. The predicted octanol–water partition coefficient (Wildman–Crippen LogP) is 1.13. The number of hydrogen-bond donors (Lipinski definition) is 2. The summed E-state index contributed by atoms with van der Waals surface area (Å²) in [5.74, 6) is 0. The van der Waals surface area contributed by atoms with Gasteiger partial charge < -0.3 is 15.6 Å². The van der Waals surface area contributed by atoms with Crippen molar-refractivity contribution in [2.24, 2.45) is 5.73 Å². The van der Waals surface area contributed by atoms with E-state index in [4.69, 9.17) is 15.6 Å². The average molecular weight is 218 g/mol. The molecule has 0 radical (unpaired) electrons. The largest absolute Gasteiger partial charge is 0.465 e. The molecule has 0 heterocycles. The van der Waals surface area contributed by atoms with Gasteiger partial charge in [-0.1, -0.05) is 0 Å². The minimum Gasteiger partial charge on any atom is -0.465 e. The van der Waals surface area contributed by atoms with Gasteiger partial charge in [-0.05, 0) is 27.7 Å². The molecule has 0 fully saturated rings. The summed E-state index contributed by atoms with van der Waals surface area (Å²) in [4.78, 5) is 12.5. The molecule has 0 spiro atoms. The molecule has 0 rings (SSSR count). The van der Waals surface area contributed by atoms with Crippen LogP contribution in [0.5, 0.6) is 0 Å². The summed E-state index contributed by atoms with van der Waals surface area (Å²) in [5, 5.41) is 9.17. The Balaban J connectivity index is 4.93. The highest BCUT2D eigenvalue weighted by Gasteiger charge is 2.34. The molecule has 0 aliphatic rings. The van der Waals surface area contributed by atoms with E-state index in [1.165, 1.54) is 12.0 Å². The van der Waals surface area contributed by atoms with Gasteiger partial charge in [0.15, 0.2) is 0 Å². The Morgan fingerprint density at radius 2 is 2.00 bits per heavy atom. The van der Waals surface area contributed by atoms with Crippen LogP contribution >= 0.6 is 0 Å². The number of carboxylic acid groups (broad SMARTS) is 1. The first-order chi connectivity index (χ1) is 6.71. The highest BCUT2D eigenvalue weighted by atomic mass is 16.5. The lowest BCUT2D eigenvalue weighted by molar-refractivity contribution is 0.0266. The molecule has 5 heteroatoms. The van der Waals surface area contributed by atoms with Gasteiger partial charge in [0.1, 0.15) is 0 Å². The summed E-state index contributed by atoms with van der Waals surface area (Å²) >= 11 is 0. The lowest BCUT2D eigenvalue weighted by Crippen LogP contribution is -2.58. The summed E-state index contributed by atoms with van der Waals surface area (Å²) in [6.45, 7) is 7.61. The topological polar surface area (TPSA) is 75.8 Å². The zero-order valence-electron chi connectivity index (χ0n) is 10.2. The Morgan fingerprint density at radius 1 is 1.53 bits per heavy atom. The van der Waals surface area contributed by atoms with Crippen LogP contribution in [-0.2, 0) is 4.74 Å². The van der Waals surface area contributed by atoms with Crippen LogP contribution in [0.3, 0.4) is 0 Å². The Hall–Kier alpha value is -0.810. The standard InChI is InChI=1S/C10H22N2O3/c1-7(11)8(6-15-5)12(9(13)14)10(2,3)4/h7-8H,6,11H2,1-5H3,(H,13,14)/t7-,8+/m1/s1. The van der Waals surface area contributed by atoms with Crippen LogP contribution in [0.4, 0.5) is 4.79 Å². The first-order valence-corrected chi connectivity index (χ1v) is 4.98. The van der Waals surface area contributed by atoms with Gasteiger partial charge in [-0.2, -0.15) is 0 Å². The normalized spacial score (nSPS) is 15.9. The summed E-state index contributed by atoms with van der Waals surface area (Å²) in [7, 11) is 1.54. The number of nitrogens with two attached hydrogens (primary N) is 1. The molecule has 0 saturated carbocycles. The lowest BCUT2D eigenvalue weighted by Gasteiger charge is -2.41. The van der Waals surface area contributed by atoms with Crippen LogP contribution in [0.25, 0.3) is 0 Å². The number of hydrogen-bond acceptors (Lipinski definition) is 3. The minimum absolute atomic E-state index is 0.264. The van der Waals surface area contributed by atoms with Gasteiger partial charge in [0.05, 0.1) is 12.6 Å². The lowest BCUT2D eigenvalue weighted by atomic mass is 10.0. The SMILES string of the molecule is COC[C@@H]([C@@H](C)N)N(C(=O)O)C(C)(C)C. The van der Waals surface area contributed by atoms with E-state index >= 15 is 0 Å². The second-order valence-electron chi connectivity index (χ2n) is 4.71. The number of rotatable bonds is 4. The Morgan fingerprint density at radius 3 is 2.20 bits per heavy atom. The fraction of sp³-hybridized carbons (Fsp3) is 0.900. The van der Waals surface area contributed by atoms with Crippen molar-refractivity contribution in [3.63, 3.8) is 0 Å². The first-order valence-electron chi connectivity index (χ1n) is 4.98. The number of methoxy groups -OCH3 is 1. The van der Waals surface area contributed by atoms with Crippen LogP contribution in [0.15, 0.2) is 0 Å². The molecule has 0 aliphatic heterocycles. The fourth-order valence-electron chi connectivity index (χ4n) is 1.56. The summed E-state index contributed by atoms with van der Waals surface area (Å²) in [6, 6.07) is -0.590. The monoisotopic (exact) mass is 218 g/mol. The van der Waals surface area contributed by atoms with Crippen molar-refractivity contribution < 1.29 is 14.6 Å². The second kappa shape index (κ2) is 5.32. The number of ether oxygens (including phenoxy) is 1. The smallest absolute Gasteiger partial charge is 0.408 e. The maximum atomic E-state index is 11.2. The molecule has 2 atom stereocenters. The van der Waals surface area contributed by atoms with Crippen molar-refractivity contribution in [1.82, 2.24) is 4.90 Å². The zero-order valence-corrected chi connectivity index (χ0v) is 10.2. The van der Waals surface area contributed by atoms with Gasteiger partial charge >= 0.3 is 6.09 Å². The second-order valence-corrected chi connectivity index (χ2v) is 4.71. The minimum atomic E-state index is -0.971. The zero-order chi connectivity index (χ0) is 12.2. The first kappa shape index (κ1) is 14.2. The van der Waals surface area contributed by atoms with Crippen LogP contribution in [0, 0.1) is 0 Å². The molecule has 0 aromatic rings. The number of nitrogens with zero attached hydrogens (tertiary/aromatic N) is 1. The molecule has 0 aromatic heterocycles. The van der Waals surface area contributed by atoms with Crippen LogP contribution in [0.1, 0.15) is 27.7 Å². The third-order valence-corrected chi connectivity index (χ3v) is 2.20. The van der Waals surface area contributed by atoms with Gasteiger partial charge in [-0.15, -0.1) is 0 Å². The van der Waals surface area contributed by atoms with Crippen LogP contribution < -0.4 is 5.73 Å². The van der Waals surface area contributed by atoms with Gasteiger partial charge in [-0.25, -0.2) is 4.79 Å². The molecule has 90 valence electrons. The van der Waals surface area contributed by atoms with E-state index in [0.717, 1.165) is 0 Å². The quantitative estimate of drug-likeness (QED) is 0.741. The maximum absolute atomic E-state index is 11.2. The van der Waals surface area contributed by atoms with Crippen LogP contribution in [-0.4, -0.2) is 47.4 Å². The van der Waals surface area contributed by atoms with Crippen molar-refractivity contribution in [2.45, 2.75) is 45.3 Å². The average Bonchev–Trinajstić information content (AvgIpc) is 1.99. The predicted molar refractivity (Wildman–Crippen MR) is 58.9 cm³/mol. The maximum Gasteiger partial charge on any atom is 0.408 e. The third kappa shape index (κ3) is 4.05. The van der Waals surface area contributed by atoms with E-state index in [1.807, 2.05) is 20.8 Å². The van der Waals surface area contributed by atoms with E-state index in [-0.39, 0.29) is 12.1 Å². The molecular formula is C10H22N2O3. The van der Waals surface area contributed by atoms with E-state index < -0.39 is 11.6 Å². The van der Waals surface area contributed by atoms with Crippen LogP contribution in [0.2, 0.25) is 0 Å². The highest BCUT2D eigenvalue weighted by molar-refractivity contribution is 5.66.